The van der Waals surface area contributed by atoms with Gasteiger partial charge >= 0.3 is 11.9 Å². The first-order valence-electron chi connectivity index (χ1n) is 8.39. The monoisotopic (exact) mass is 399 g/mol. The molecule has 2 aromatic carbocycles. The molecule has 1 heterocycles. The number of hydrogen-bond donors (Lipinski definition) is 0. The molecule has 144 valence electrons. The van der Waals surface area contributed by atoms with Crippen molar-refractivity contribution in [2.24, 2.45) is 0 Å². The minimum atomic E-state index is -1.35. The number of benzene rings is 2. The summed E-state index contributed by atoms with van der Waals surface area (Å²) in [6.07, 6.45) is 1.28. The van der Waals surface area contributed by atoms with Crippen LogP contribution >= 0.6 is 11.8 Å². The van der Waals surface area contributed by atoms with Crippen LogP contribution in [0.4, 0.5) is 5.69 Å². The Morgan fingerprint density at radius 1 is 1.07 bits per heavy atom. The summed E-state index contributed by atoms with van der Waals surface area (Å²) in [5.74, 6) is -2.38. The van der Waals surface area contributed by atoms with Gasteiger partial charge in [-0.25, -0.2) is 9.59 Å². The van der Waals surface area contributed by atoms with Gasteiger partial charge in [0.2, 0.25) is 0 Å². The molecule has 1 aliphatic heterocycles. The van der Waals surface area contributed by atoms with Gasteiger partial charge in [0.15, 0.2) is 0 Å². The first kappa shape index (κ1) is 19.6. The minimum Gasteiger partial charge on any atom is -0.419 e. The van der Waals surface area contributed by atoms with E-state index >= 15 is 0 Å². The van der Waals surface area contributed by atoms with Gasteiger partial charge in [0.05, 0.1) is 4.92 Å². The lowest BCUT2D eigenvalue weighted by Gasteiger charge is -2.29. The second kappa shape index (κ2) is 7.85. The standard InChI is InChI=1S/C20H17NO6S/c1-20(2)26-18(22)16(19(23)27-20)11-14-10-15(21(24)25)8-9-17(14)28-12-13-6-4-3-5-7-13/h3-11H,12H2,1-2H3. The average molecular weight is 399 g/mol. The Bertz CT molecular complexity index is 946. The number of thioether (sulfide) groups is 1. The van der Waals surface area contributed by atoms with E-state index in [-0.39, 0.29) is 11.3 Å². The Morgan fingerprint density at radius 3 is 2.32 bits per heavy atom. The summed E-state index contributed by atoms with van der Waals surface area (Å²) in [7, 11) is 0. The summed E-state index contributed by atoms with van der Waals surface area (Å²) in [6.45, 7) is 2.90. The smallest absolute Gasteiger partial charge is 0.348 e. The Balaban J connectivity index is 1.95. The topological polar surface area (TPSA) is 95.7 Å². The van der Waals surface area contributed by atoms with Crippen molar-refractivity contribution in [1.29, 1.82) is 0 Å². The molecular formula is C20H17NO6S. The zero-order valence-electron chi connectivity index (χ0n) is 15.2. The van der Waals surface area contributed by atoms with E-state index in [1.54, 1.807) is 6.07 Å². The lowest BCUT2D eigenvalue weighted by molar-refractivity contribution is -0.384. The maximum Gasteiger partial charge on any atom is 0.348 e. The average Bonchev–Trinajstić information content (AvgIpc) is 2.63. The van der Waals surface area contributed by atoms with Gasteiger partial charge in [-0.1, -0.05) is 30.3 Å². The Labute approximate surface area is 165 Å². The van der Waals surface area contributed by atoms with Crippen molar-refractivity contribution < 1.29 is 24.0 Å². The lowest BCUT2D eigenvalue weighted by Crippen LogP contribution is -2.41. The number of esters is 2. The molecule has 0 aliphatic carbocycles. The van der Waals surface area contributed by atoms with Crippen LogP contribution in [0.5, 0.6) is 0 Å². The fraction of sp³-hybridized carbons (Fsp3) is 0.200. The summed E-state index contributed by atoms with van der Waals surface area (Å²) in [6, 6.07) is 14.0. The van der Waals surface area contributed by atoms with Crippen LogP contribution in [0, 0.1) is 10.1 Å². The van der Waals surface area contributed by atoms with Crippen LogP contribution in [-0.4, -0.2) is 22.6 Å². The van der Waals surface area contributed by atoms with Crippen LogP contribution in [-0.2, 0) is 24.8 Å². The summed E-state index contributed by atoms with van der Waals surface area (Å²) in [5, 5.41) is 11.1. The number of carbonyl (C=O) groups excluding carboxylic acids is 2. The van der Waals surface area contributed by atoms with E-state index in [1.807, 2.05) is 30.3 Å². The highest BCUT2D eigenvalue weighted by Gasteiger charge is 2.39. The molecule has 1 fully saturated rings. The Morgan fingerprint density at radius 2 is 1.71 bits per heavy atom. The van der Waals surface area contributed by atoms with Crippen molar-refractivity contribution in [3.05, 3.63) is 75.3 Å². The molecule has 0 saturated carbocycles. The molecule has 0 radical (unpaired) electrons. The molecule has 1 aliphatic rings. The summed E-state index contributed by atoms with van der Waals surface area (Å²) < 4.78 is 10.2. The van der Waals surface area contributed by atoms with Gasteiger partial charge < -0.3 is 9.47 Å². The van der Waals surface area contributed by atoms with E-state index in [1.165, 1.54) is 43.8 Å². The van der Waals surface area contributed by atoms with E-state index in [9.17, 15) is 19.7 Å². The minimum absolute atomic E-state index is 0.145. The predicted octanol–water partition coefficient (Wildman–Crippen LogP) is 4.11. The van der Waals surface area contributed by atoms with Crippen molar-refractivity contribution in [2.75, 3.05) is 0 Å². The molecule has 0 spiro atoms. The van der Waals surface area contributed by atoms with Crippen LogP contribution in [0.2, 0.25) is 0 Å². The molecule has 0 aromatic heterocycles. The van der Waals surface area contributed by atoms with E-state index in [0.717, 1.165) is 5.56 Å². The van der Waals surface area contributed by atoms with Crippen LogP contribution in [0.25, 0.3) is 6.08 Å². The summed E-state index contributed by atoms with van der Waals surface area (Å²) in [4.78, 5) is 35.7. The van der Waals surface area contributed by atoms with Gasteiger partial charge in [-0.15, -0.1) is 11.8 Å². The van der Waals surface area contributed by atoms with Crippen LogP contribution in [0.3, 0.4) is 0 Å². The normalized spacial score (nSPS) is 15.6. The van der Waals surface area contributed by atoms with Crippen LogP contribution in [0.1, 0.15) is 25.0 Å². The number of carbonyl (C=O) groups is 2. The first-order valence-corrected chi connectivity index (χ1v) is 9.37. The molecule has 28 heavy (non-hydrogen) atoms. The van der Waals surface area contributed by atoms with E-state index in [2.05, 4.69) is 0 Å². The lowest BCUT2D eigenvalue weighted by atomic mass is 10.1. The highest BCUT2D eigenvalue weighted by Crippen LogP contribution is 2.32. The maximum absolute atomic E-state index is 12.2. The number of cyclic esters (lactones) is 2. The second-order valence-electron chi connectivity index (χ2n) is 6.49. The number of non-ortho nitro benzene ring substituents is 1. The van der Waals surface area contributed by atoms with E-state index < -0.39 is 22.6 Å². The molecular weight excluding hydrogens is 382 g/mol. The zero-order valence-corrected chi connectivity index (χ0v) is 16.0. The van der Waals surface area contributed by atoms with Crippen molar-refractivity contribution in [1.82, 2.24) is 0 Å². The van der Waals surface area contributed by atoms with Gasteiger partial charge in [-0.2, -0.15) is 0 Å². The molecule has 1 saturated heterocycles. The van der Waals surface area contributed by atoms with Gasteiger partial charge in [-0.05, 0) is 23.3 Å². The number of rotatable bonds is 5. The zero-order chi connectivity index (χ0) is 20.3. The number of ether oxygens (including phenoxy) is 2. The van der Waals surface area contributed by atoms with E-state index in [4.69, 9.17) is 9.47 Å². The van der Waals surface area contributed by atoms with Gasteiger partial charge in [-0.3, -0.25) is 10.1 Å². The van der Waals surface area contributed by atoms with Gasteiger partial charge in [0.25, 0.3) is 11.5 Å². The summed E-state index contributed by atoms with van der Waals surface area (Å²) >= 11 is 1.44. The first-order chi connectivity index (χ1) is 13.2. The Kier molecular flexibility index (Phi) is 5.51. The van der Waals surface area contributed by atoms with Crippen molar-refractivity contribution >= 4 is 35.5 Å². The predicted molar refractivity (Wildman–Crippen MR) is 103 cm³/mol. The van der Waals surface area contributed by atoms with Crippen LogP contribution < -0.4 is 0 Å². The highest BCUT2D eigenvalue weighted by atomic mass is 32.2. The molecule has 0 amide bonds. The summed E-state index contributed by atoms with van der Waals surface area (Å²) in [5.41, 5.74) is 0.997. The number of nitro groups is 1. The van der Waals surface area contributed by atoms with Gasteiger partial charge in [0, 0.05) is 36.6 Å². The van der Waals surface area contributed by atoms with Crippen molar-refractivity contribution in [2.45, 2.75) is 30.3 Å². The molecule has 0 bridgehead atoms. The SMILES string of the molecule is CC1(C)OC(=O)C(=Cc2cc([N+](=O)[O-])ccc2SCc2ccccc2)C(=O)O1. The third-order valence-corrected chi connectivity index (χ3v) is 5.02. The van der Waals surface area contributed by atoms with Crippen LogP contribution in [0.15, 0.2) is 59.0 Å². The van der Waals surface area contributed by atoms with Gasteiger partial charge in [0.1, 0.15) is 5.57 Å². The van der Waals surface area contributed by atoms with Crippen molar-refractivity contribution in [3.63, 3.8) is 0 Å². The third-order valence-electron chi connectivity index (χ3n) is 3.86. The molecule has 0 unspecified atom stereocenters. The quantitative estimate of drug-likeness (QED) is 0.186. The largest absolute Gasteiger partial charge is 0.419 e. The Hall–Kier alpha value is -3.13. The molecule has 8 heteroatoms. The molecule has 0 atom stereocenters. The second-order valence-corrected chi connectivity index (χ2v) is 7.51. The molecule has 0 N–H and O–H groups in total. The van der Waals surface area contributed by atoms with Crippen molar-refractivity contribution in [3.8, 4) is 0 Å². The highest BCUT2D eigenvalue weighted by molar-refractivity contribution is 7.98. The molecule has 3 rings (SSSR count). The molecule has 7 nitrogen and oxygen atoms in total. The molecule has 2 aromatic rings. The number of nitrogens with zero attached hydrogens (tertiary/aromatic N) is 1. The fourth-order valence-corrected chi connectivity index (χ4v) is 3.53. The maximum atomic E-state index is 12.2. The third kappa shape index (κ3) is 4.58. The fourth-order valence-electron chi connectivity index (χ4n) is 2.56. The van der Waals surface area contributed by atoms with E-state index in [0.29, 0.717) is 16.2 Å². The number of hydrogen-bond acceptors (Lipinski definition) is 7. The number of nitro benzene ring substituents is 1.